The third-order valence-corrected chi connectivity index (χ3v) is 6.77. The van der Waals surface area contributed by atoms with E-state index in [0.29, 0.717) is 33.7 Å². The van der Waals surface area contributed by atoms with E-state index in [-0.39, 0.29) is 0 Å². The molecular weight excluding hydrogens is 467 g/mol. The second kappa shape index (κ2) is 7.49. The number of fused-ring (bicyclic) bond motifs is 2. The molecule has 3 nitrogen and oxygen atoms in total. The van der Waals surface area contributed by atoms with Crippen LogP contribution in [0, 0.1) is 24.4 Å². The van der Waals surface area contributed by atoms with Gasteiger partial charge >= 0.3 is 6.11 Å². The van der Waals surface area contributed by atoms with Crippen molar-refractivity contribution < 1.29 is 26.7 Å². The van der Waals surface area contributed by atoms with E-state index < -0.39 is 34.3 Å². The summed E-state index contributed by atoms with van der Waals surface area (Å²) in [6.45, 7) is 1.99. The van der Waals surface area contributed by atoms with Crippen LogP contribution in [0.3, 0.4) is 0 Å². The van der Waals surface area contributed by atoms with Gasteiger partial charge in [-0.2, -0.15) is 8.78 Å². The van der Waals surface area contributed by atoms with Gasteiger partial charge in [0, 0.05) is 17.7 Å². The molecule has 2 aromatic heterocycles. The predicted molar refractivity (Wildman–Crippen MR) is 114 cm³/mol. The van der Waals surface area contributed by atoms with Gasteiger partial charge in [0.25, 0.3) is 0 Å². The maximum Gasteiger partial charge on any atom is 0.454 e. The maximum atomic E-state index is 14.6. The molecule has 32 heavy (non-hydrogen) atoms. The third kappa shape index (κ3) is 3.69. The number of ether oxygens (including phenoxy) is 1. The average Bonchev–Trinajstić information content (AvgIpc) is 3.35. The fourth-order valence-corrected chi connectivity index (χ4v) is 5.10. The number of thiazole rings is 2. The highest BCUT2D eigenvalue weighted by Gasteiger charge is 2.39. The van der Waals surface area contributed by atoms with Crippen molar-refractivity contribution in [2.45, 2.75) is 13.0 Å². The van der Waals surface area contributed by atoms with Crippen LogP contribution in [0.5, 0.6) is 5.75 Å². The summed E-state index contributed by atoms with van der Waals surface area (Å²) in [7, 11) is 0. The Bertz CT molecular complexity index is 1470. The third-order valence-electron chi connectivity index (χ3n) is 4.63. The Morgan fingerprint density at radius 3 is 2.22 bits per heavy atom. The number of alkyl halides is 2. The molecule has 3 aromatic carbocycles. The molecule has 0 amide bonds. The highest BCUT2D eigenvalue weighted by molar-refractivity contribution is 7.21. The highest BCUT2D eigenvalue weighted by atomic mass is 32.1. The summed E-state index contributed by atoms with van der Waals surface area (Å²) in [5.41, 5.74) is 3.02. The lowest BCUT2D eigenvalue weighted by Crippen LogP contribution is -2.21. The van der Waals surface area contributed by atoms with Crippen molar-refractivity contribution in [2.24, 2.45) is 0 Å². The fraction of sp³-hybridized carbons (Fsp3) is 0.0909. The minimum Gasteiger partial charge on any atom is -0.427 e. The molecule has 162 valence electrons. The van der Waals surface area contributed by atoms with E-state index in [4.69, 9.17) is 0 Å². The number of nitrogens with zero attached hydrogens (tertiary/aromatic N) is 2. The van der Waals surface area contributed by atoms with Crippen LogP contribution in [0.2, 0.25) is 0 Å². The highest BCUT2D eigenvalue weighted by Crippen LogP contribution is 2.39. The monoisotopic (exact) mass is 478 g/mol. The largest absolute Gasteiger partial charge is 0.454 e. The van der Waals surface area contributed by atoms with Gasteiger partial charge < -0.3 is 4.74 Å². The molecule has 0 atom stereocenters. The second-order valence-corrected chi connectivity index (χ2v) is 9.07. The Morgan fingerprint density at radius 2 is 1.47 bits per heavy atom. The van der Waals surface area contributed by atoms with Crippen LogP contribution in [0.15, 0.2) is 48.5 Å². The van der Waals surface area contributed by atoms with Crippen LogP contribution in [-0.2, 0) is 6.11 Å². The maximum absolute atomic E-state index is 14.6. The number of aryl methyl sites for hydroxylation is 1. The molecule has 0 saturated heterocycles. The molecule has 2 heterocycles. The van der Waals surface area contributed by atoms with E-state index in [1.165, 1.54) is 11.3 Å². The topological polar surface area (TPSA) is 35.0 Å². The van der Waals surface area contributed by atoms with Gasteiger partial charge in [-0.25, -0.2) is 23.1 Å². The minimum absolute atomic E-state index is 0.311. The Balaban J connectivity index is 1.48. The first kappa shape index (κ1) is 20.8. The first-order valence-electron chi connectivity index (χ1n) is 9.19. The van der Waals surface area contributed by atoms with E-state index >= 15 is 0 Å². The lowest BCUT2D eigenvalue weighted by atomic mass is 10.2. The van der Waals surface area contributed by atoms with Crippen molar-refractivity contribution >= 4 is 43.1 Å². The van der Waals surface area contributed by atoms with Gasteiger partial charge in [-0.3, -0.25) is 0 Å². The van der Waals surface area contributed by atoms with Crippen LogP contribution in [0.4, 0.5) is 22.0 Å². The Labute approximate surface area is 185 Å². The van der Waals surface area contributed by atoms with E-state index in [0.717, 1.165) is 26.4 Å². The van der Waals surface area contributed by atoms with Crippen molar-refractivity contribution in [1.82, 2.24) is 9.97 Å². The zero-order valence-electron chi connectivity index (χ0n) is 16.1. The van der Waals surface area contributed by atoms with Crippen LogP contribution < -0.4 is 4.74 Å². The molecule has 0 spiro atoms. The van der Waals surface area contributed by atoms with Crippen LogP contribution >= 0.6 is 22.7 Å². The van der Waals surface area contributed by atoms with Crippen molar-refractivity contribution in [3.05, 3.63) is 76.6 Å². The van der Waals surface area contributed by atoms with Gasteiger partial charge in [0.05, 0.1) is 20.4 Å². The lowest BCUT2D eigenvalue weighted by molar-refractivity contribution is -0.185. The van der Waals surface area contributed by atoms with Gasteiger partial charge in [-0.1, -0.05) is 6.07 Å². The summed E-state index contributed by atoms with van der Waals surface area (Å²) >= 11 is 2.17. The molecule has 10 heteroatoms. The van der Waals surface area contributed by atoms with E-state index in [1.807, 2.05) is 25.1 Å². The zero-order valence-corrected chi connectivity index (χ0v) is 17.8. The van der Waals surface area contributed by atoms with Crippen molar-refractivity contribution in [3.63, 3.8) is 0 Å². The summed E-state index contributed by atoms with van der Waals surface area (Å²) < 4.78 is 74.9. The summed E-state index contributed by atoms with van der Waals surface area (Å²) in [5.74, 6) is -5.87. The first-order chi connectivity index (χ1) is 15.2. The molecule has 5 rings (SSSR count). The fourth-order valence-electron chi connectivity index (χ4n) is 3.12. The number of halogens is 5. The molecule has 0 fully saturated rings. The molecule has 0 aliphatic carbocycles. The number of hydrogen-bond donors (Lipinski definition) is 0. The van der Waals surface area contributed by atoms with Crippen LogP contribution in [0.25, 0.3) is 31.0 Å². The number of hydrogen-bond acceptors (Lipinski definition) is 5. The molecule has 0 radical (unpaired) electrons. The van der Waals surface area contributed by atoms with E-state index in [9.17, 15) is 22.0 Å². The van der Waals surface area contributed by atoms with Gasteiger partial charge in [-0.05, 0) is 42.8 Å². The smallest absolute Gasteiger partial charge is 0.427 e. The summed E-state index contributed by atoms with van der Waals surface area (Å²) in [6, 6.07) is 11.7. The average molecular weight is 478 g/mol. The number of benzene rings is 3. The quantitative estimate of drug-likeness (QED) is 0.199. The van der Waals surface area contributed by atoms with Crippen molar-refractivity contribution in [1.29, 1.82) is 0 Å². The Hall–Kier alpha value is -3.11. The summed E-state index contributed by atoms with van der Waals surface area (Å²) in [4.78, 5) is 8.49. The molecule has 0 aliphatic heterocycles. The predicted octanol–water partition coefficient (Wildman–Crippen LogP) is 7.43. The molecule has 0 unspecified atom stereocenters. The number of rotatable bonds is 4. The Morgan fingerprint density at radius 1 is 0.812 bits per heavy atom. The molecular formula is C22H11F5N2OS2. The van der Waals surface area contributed by atoms with E-state index in [1.54, 1.807) is 18.2 Å². The van der Waals surface area contributed by atoms with Crippen molar-refractivity contribution in [3.8, 4) is 16.3 Å². The molecule has 0 bridgehead atoms. The summed E-state index contributed by atoms with van der Waals surface area (Å²) in [5, 5.41) is 0.0393. The number of aromatic nitrogens is 2. The SMILES string of the molecule is Cc1ccc2nc(-c3ccc4nc(C(F)(F)Oc5cc(F)c(F)c(F)c5)sc4c3)sc2c1. The molecule has 0 N–H and O–H groups in total. The van der Waals surface area contributed by atoms with Gasteiger partial charge in [-0.15, -0.1) is 22.7 Å². The standard InChI is InChI=1S/C22H11F5N2OS2/c1-10-2-4-15-17(6-10)31-20(28-15)11-3-5-16-18(7-11)32-21(29-16)22(26,27)30-12-8-13(23)19(25)14(24)9-12/h2-9H,1H3. The van der Waals surface area contributed by atoms with E-state index in [2.05, 4.69) is 14.7 Å². The Kier molecular flexibility index (Phi) is 4.86. The van der Waals surface area contributed by atoms with Gasteiger partial charge in [0.1, 0.15) is 10.8 Å². The second-order valence-electron chi connectivity index (χ2n) is 7.01. The normalized spacial score (nSPS) is 12.1. The lowest BCUT2D eigenvalue weighted by Gasteiger charge is -2.15. The molecule has 0 saturated carbocycles. The molecule has 0 aliphatic rings. The first-order valence-corrected chi connectivity index (χ1v) is 10.8. The van der Waals surface area contributed by atoms with Crippen LogP contribution in [0.1, 0.15) is 10.6 Å². The van der Waals surface area contributed by atoms with Gasteiger partial charge in [0.15, 0.2) is 17.5 Å². The van der Waals surface area contributed by atoms with Crippen molar-refractivity contribution in [2.75, 3.05) is 0 Å². The van der Waals surface area contributed by atoms with Crippen LogP contribution in [-0.4, -0.2) is 9.97 Å². The minimum atomic E-state index is -3.98. The zero-order chi connectivity index (χ0) is 22.6. The summed E-state index contributed by atoms with van der Waals surface area (Å²) in [6.07, 6.45) is -3.98. The molecule has 5 aromatic rings. The van der Waals surface area contributed by atoms with Gasteiger partial charge in [0.2, 0.25) is 5.01 Å².